The first kappa shape index (κ1) is 15.4. The first-order valence-corrected chi connectivity index (χ1v) is 7.94. The average Bonchev–Trinajstić information content (AvgIpc) is 3.15. The fourth-order valence-corrected chi connectivity index (χ4v) is 3.32. The van der Waals surface area contributed by atoms with Crippen LogP contribution in [0.15, 0.2) is 41.0 Å². The van der Waals surface area contributed by atoms with E-state index in [-0.39, 0.29) is 11.8 Å². The molecule has 2 N–H and O–H groups in total. The van der Waals surface area contributed by atoms with Crippen LogP contribution in [0.25, 0.3) is 0 Å². The van der Waals surface area contributed by atoms with Crippen molar-refractivity contribution in [1.82, 2.24) is 4.90 Å². The Morgan fingerprint density at radius 1 is 1.36 bits per heavy atom. The van der Waals surface area contributed by atoms with Crippen LogP contribution in [0.1, 0.15) is 36.7 Å². The molecule has 1 aromatic heterocycles. The van der Waals surface area contributed by atoms with Crippen LogP contribution >= 0.6 is 11.6 Å². The Balaban J connectivity index is 1.67. The lowest BCUT2D eigenvalue weighted by Gasteiger charge is -2.26. The summed E-state index contributed by atoms with van der Waals surface area (Å²) in [7, 11) is 0. The molecule has 1 aliphatic rings. The van der Waals surface area contributed by atoms with Gasteiger partial charge in [-0.3, -0.25) is 4.90 Å². The summed E-state index contributed by atoms with van der Waals surface area (Å²) in [6, 6.07) is 8.97. The highest BCUT2D eigenvalue weighted by Gasteiger charge is 2.28. The Morgan fingerprint density at radius 2 is 2.23 bits per heavy atom. The summed E-state index contributed by atoms with van der Waals surface area (Å²) in [5, 5.41) is 20.8. The lowest BCUT2D eigenvalue weighted by molar-refractivity contribution is 0.0993. The van der Waals surface area contributed by atoms with Gasteiger partial charge in [-0.25, -0.2) is 0 Å². The quantitative estimate of drug-likeness (QED) is 0.881. The van der Waals surface area contributed by atoms with Crippen molar-refractivity contribution in [1.29, 1.82) is 0 Å². The second-order valence-corrected chi connectivity index (χ2v) is 6.24. The van der Waals surface area contributed by atoms with E-state index in [1.165, 1.54) is 0 Å². The number of nitrogens with zero attached hydrogens (tertiary/aromatic N) is 1. The number of furan rings is 1. The molecule has 0 radical (unpaired) electrons. The number of rotatable bonds is 5. The van der Waals surface area contributed by atoms with Crippen LogP contribution in [-0.4, -0.2) is 27.7 Å². The van der Waals surface area contributed by atoms with Crippen molar-refractivity contribution in [3.8, 4) is 5.75 Å². The Bertz CT molecular complexity index is 614. The molecule has 0 amide bonds. The van der Waals surface area contributed by atoms with Crippen LogP contribution in [0.3, 0.4) is 0 Å². The minimum Gasteiger partial charge on any atom is -0.508 e. The molecule has 2 heterocycles. The molecule has 1 aromatic carbocycles. The zero-order chi connectivity index (χ0) is 15.5. The molecular weight excluding hydrogens is 302 g/mol. The van der Waals surface area contributed by atoms with E-state index in [2.05, 4.69) is 4.90 Å². The van der Waals surface area contributed by atoms with Gasteiger partial charge in [0.25, 0.3) is 0 Å². The Morgan fingerprint density at radius 3 is 3.00 bits per heavy atom. The molecule has 0 saturated carbocycles. The van der Waals surface area contributed by atoms with Gasteiger partial charge in [0.15, 0.2) is 0 Å². The van der Waals surface area contributed by atoms with Crippen molar-refractivity contribution in [2.45, 2.75) is 38.0 Å². The lowest BCUT2D eigenvalue weighted by atomic mass is 10.0. The summed E-state index contributed by atoms with van der Waals surface area (Å²) >= 11 is 6.01. The number of aliphatic hydroxyl groups is 1. The topological polar surface area (TPSA) is 56.8 Å². The van der Waals surface area contributed by atoms with Crippen molar-refractivity contribution in [3.05, 3.63) is 52.9 Å². The molecule has 118 valence electrons. The van der Waals surface area contributed by atoms with Crippen LogP contribution in [0.5, 0.6) is 5.75 Å². The fourth-order valence-electron chi connectivity index (χ4n) is 3.12. The number of benzene rings is 1. The maximum atomic E-state index is 10.3. The highest BCUT2D eigenvalue weighted by molar-refractivity contribution is 6.30. The van der Waals surface area contributed by atoms with Gasteiger partial charge in [-0.2, -0.15) is 0 Å². The van der Waals surface area contributed by atoms with Gasteiger partial charge in [0.1, 0.15) is 17.6 Å². The van der Waals surface area contributed by atoms with Gasteiger partial charge in [0.2, 0.25) is 0 Å². The fraction of sp³-hybridized carbons (Fsp3) is 0.412. The number of aliphatic hydroxyl groups excluding tert-OH is 1. The molecule has 22 heavy (non-hydrogen) atoms. The number of phenolic OH excluding ortho intramolecular Hbond substituents is 1. The van der Waals surface area contributed by atoms with Crippen LogP contribution in [0, 0.1) is 0 Å². The molecule has 0 aliphatic carbocycles. The third-order valence-electron chi connectivity index (χ3n) is 4.28. The number of hydrogen-bond donors (Lipinski definition) is 2. The summed E-state index contributed by atoms with van der Waals surface area (Å²) in [6.07, 6.45) is 3.76. The van der Waals surface area contributed by atoms with Crippen molar-refractivity contribution < 1.29 is 14.6 Å². The molecule has 1 aliphatic heterocycles. The normalized spacial score (nSPS) is 20.4. The number of phenols is 1. The van der Waals surface area contributed by atoms with Crippen molar-refractivity contribution in [2.24, 2.45) is 0 Å². The summed E-state index contributed by atoms with van der Waals surface area (Å²) in [6.45, 7) is 1.60. The van der Waals surface area contributed by atoms with Gasteiger partial charge >= 0.3 is 0 Å². The molecule has 5 heteroatoms. The highest BCUT2D eigenvalue weighted by atomic mass is 35.5. The van der Waals surface area contributed by atoms with E-state index in [1.807, 2.05) is 0 Å². The van der Waals surface area contributed by atoms with E-state index in [9.17, 15) is 10.2 Å². The third-order valence-corrected chi connectivity index (χ3v) is 4.52. The summed E-state index contributed by atoms with van der Waals surface area (Å²) in [5.41, 5.74) is 0.826. The molecule has 0 spiro atoms. The van der Waals surface area contributed by atoms with Crippen LogP contribution in [0.2, 0.25) is 5.02 Å². The van der Waals surface area contributed by atoms with Gasteiger partial charge in [-0.1, -0.05) is 11.6 Å². The van der Waals surface area contributed by atoms with Crippen molar-refractivity contribution in [2.75, 3.05) is 6.54 Å². The van der Waals surface area contributed by atoms with Gasteiger partial charge in [-0.05, 0) is 56.1 Å². The first-order valence-electron chi connectivity index (χ1n) is 7.56. The SMILES string of the molecule is Oc1ccc(Cl)cc1CN1CCCC1CC(O)c1ccco1. The summed E-state index contributed by atoms with van der Waals surface area (Å²) in [5.74, 6) is 0.874. The summed E-state index contributed by atoms with van der Waals surface area (Å²) in [4.78, 5) is 2.29. The molecule has 2 unspecified atom stereocenters. The smallest absolute Gasteiger partial charge is 0.132 e. The van der Waals surface area contributed by atoms with E-state index < -0.39 is 6.10 Å². The standard InChI is InChI=1S/C17H20ClNO3/c18-13-5-6-15(20)12(9-13)11-19-7-1-3-14(19)10-16(21)17-4-2-8-22-17/h2,4-6,8-9,14,16,20-21H,1,3,7,10-11H2. The largest absolute Gasteiger partial charge is 0.508 e. The summed E-state index contributed by atoms with van der Waals surface area (Å²) < 4.78 is 5.27. The second-order valence-electron chi connectivity index (χ2n) is 5.81. The predicted octanol–water partition coefficient (Wildman–Crippen LogP) is 3.73. The van der Waals surface area contributed by atoms with E-state index in [4.69, 9.17) is 16.0 Å². The van der Waals surface area contributed by atoms with Gasteiger partial charge in [0.05, 0.1) is 6.26 Å². The molecule has 2 atom stereocenters. The first-order chi connectivity index (χ1) is 10.6. The maximum Gasteiger partial charge on any atom is 0.132 e. The monoisotopic (exact) mass is 321 g/mol. The number of hydrogen-bond acceptors (Lipinski definition) is 4. The van der Waals surface area contributed by atoms with Crippen LogP contribution < -0.4 is 0 Å². The lowest BCUT2D eigenvalue weighted by Crippen LogP contribution is -2.30. The Kier molecular flexibility index (Phi) is 4.71. The Labute approximate surface area is 134 Å². The highest BCUT2D eigenvalue weighted by Crippen LogP contribution is 2.31. The van der Waals surface area contributed by atoms with Gasteiger partial charge in [0, 0.05) is 23.2 Å². The van der Waals surface area contributed by atoms with E-state index in [1.54, 1.807) is 36.6 Å². The minimum absolute atomic E-state index is 0.265. The van der Waals surface area contributed by atoms with E-state index in [0.29, 0.717) is 23.7 Å². The molecule has 0 bridgehead atoms. The number of aromatic hydroxyl groups is 1. The third kappa shape index (κ3) is 3.46. The molecule has 3 rings (SSSR count). The molecule has 1 fully saturated rings. The Hall–Kier alpha value is -1.49. The molecular formula is C17H20ClNO3. The zero-order valence-electron chi connectivity index (χ0n) is 12.3. The maximum absolute atomic E-state index is 10.3. The van der Waals surface area contributed by atoms with Gasteiger partial charge in [-0.15, -0.1) is 0 Å². The van der Waals surface area contributed by atoms with E-state index >= 15 is 0 Å². The van der Waals surface area contributed by atoms with Gasteiger partial charge < -0.3 is 14.6 Å². The molecule has 2 aromatic rings. The minimum atomic E-state index is -0.589. The number of likely N-dealkylation sites (tertiary alicyclic amines) is 1. The van der Waals surface area contributed by atoms with Crippen molar-refractivity contribution >= 4 is 11.6 Å². The number of halogens is 1. The second kappa shape index (κ2) is 6.73. The zero-order valence-corrected chi connectivity index (χ0v) is 13.0. The average molecular weight is 322 g/mol. The van der Waals surface area contributed by atoms with Crippen LogP contribution in [-0.2, 0) is 6.54 Å². The van der Waals surface area contributed by atoms with E-state index in [0.717, 1.165) is 24.9 Å². The van der Waals surface area contributed by atoms with Crippen molar-refractivity contribution in [3.63, 3.8) is 0 Å². The molecule has 1 saturated heterocycles. The molecule has 4 nitrogen and oxygen atoms in total. The van der Waals surface area contributed by atoms with Crippen LogP contribution in [0.4, 0.5) is 0 Å². The predicted molar refractivity (Wildman–Crippen MR) is 84.8 cm³/mol.